The molecule has 0 atom stereocenters. The molecule has 29 heavy (non-hydrogen) atoms. The third kappa shape index (κ3) is 3.77. The highest BCUT2D eigenvalue weighted by Gasteiger charge is 2.40. The molecule has 0 saturated heterocycles. The molecule has 1 saturated carbocycles. The van der Waals surface area contributed by atoms with Crippen LogP contribution in [0.4, 0.5) is 4.39 Å². The lowest BCUT2D eigenvalue weighted by atomic mass is 9.81. The van der Waals surface area contributed by atoms with Crippen molar-refractivity contribution >= 4 is 23.2 Å². The summed E-state index contributed by atoms with van der Waals surface area (Å²) in [7, 11) is 0. The Morgan fingerprint density at radius 2 is 1.97 bits per heavy atom. The van der Waals surface area contributed by atoms with E-state index in [2.05, 4.69) is 15.4 Å². The van der Waals surface area contributed by atoms with Crippen LogP contribution >= 0.6 is 11.3 Å². The second-order valence-corrected chi connectivity index (χ2v) is 8.04. The van der Waals surface area contributed by atoms with Crippen LogP contribution in [-0.4, -0.2) is 32.1 Å². The molecule has 3 N–H and O–H groups in total. The maximum Gasteiger partial charge on any atom is 0.291 e. The summed E-state index contributed by atoms with van der Waals surface area (Å²) in [5, 5.41) is 8.97. The van der Waals surface area contributed by atoms with Crippen molar-refractivity contribution < 1.29 is 14.0 Å². The fourth-order valence-electron chi connectivity index (χ4n) is 3.62. The molecule has 9 heteroatoms. The van der Waals surface area contributed by atoms with Crippen LogP contribution in [0, 0.1) is 5.82 Å². The summed E-state index contributed by atoms with van der Waals surface area (Å²) < 4.78 is 15.2. The minimum Gasteiger partial charge on any atom is -0.368 e. The second kappa shape index (κ2) is 7.75. The molecule has 0 bridgehead atoms. The Hall–Kier alpha value is -3.07. The average Bonchev–Trinajstić information content (AvgIpc) is 3.38. The van der Waals surface area contributed by atoms with Gasteiger partial charge in [-0.1, -0.05) is 31.4 Å². The molecule has 0 unspecified atom stereocenters. The van der Waals surface area contributed by atoms with Crippen molar-refractivity contribution in [2.45, 2.75) is 37.6 Å². The number of nitrogens with zero attached hydrogens (tertiary/aromatic N) is 3. The van der Waals surface area contributed by atoms with Crippen LogP contribution < -0.4 is 11.1 Å². The van der Waals surface area contributed by atoms with Gasteiger partial charge < -0.3 is 11.1 Å². The van der Waals surface area contributed by atoms with E-state index in [0.717, 1.165) is 24.1 Å². The van der Waals surface area contributed by atoms with Crippen LogP contribution in [0.3, 0.4) is 0 Å². The van der Waals surface area contributed by atoms with Crippen LogP contribution in [-0.2, 0) is 4.79 Å². The number of rotatable bonds is 5. The maximum atomic E-state index is 13.8. The molecule has 3 aromatic rings. The van der Waals surface area contributed by atoms with E-state index >= 15 is 0 Å². The first kappa shape index (κ1) is 19.3. The zero-order valence-corrected chi connectivity index (χ0v) is 16.4. The summed E-state index contributed by atoms with van der Waals surface area (Å²) in [6, 6.07) is 9.60. The van der Waals surface area contributed by atoms with Gasteiger partial charge in [0.25, 0.3) is 5.91 Å². The minimum atomic E-state index is -1.08. The van der Waals surface area contributed by atoms with Gasteiger partial charge in [0.1, 0.15) is 11.4 Å². The number of hydrogen-bond acceptors (Lipinski definition) is 5. The molecule has 1 aromatic carbocycles. The molecular weight excluding hydrogens is 393 g/mol. The van der Waals surface area contributed by atoms with E-state index < -0.39 is 23.2 Å². The van der Waals surface area contributed by atoms with E-state index in [0.29, 0.717) is 24.4 Å². The summed E-state index contributed by atoms with van der Waals surface area (Å²) >= 11 is 1.43. The van der Waals surface area contributed by atoms with Crippen molar-refractivity contribution in [1.82, 2.24) is 20.1 Å². The summed E-state index contributed by atoms with van der Waals surface area (Å²) in [4.78, 5) is 30.2. The van der Waals surface area contributed by atoms with Gasteiger partial charge in [-0.15, -0.1) is 16.4 Å². The lowest BCUT2D eigenvalue weighted by Gasteiger charge is -2.34. The number of carbonyl (C=O) groups is 2. The molecule has 4 rings (SSSR count). The third-order valence-corrected chi connectivity index (χ3v) is 6.00. The molecule has 0 spiro atoms. The van der Waals surface area contributed by atoms with Crippen LogP contribution in [0.25, 0.3) is 16.4 Å². The van der Waals surface area contributed by atoms with Gasteiger partial charge in [-0.05, 0) is 42.5 Å². The predicted octanol–water partition coefficient (Wildman–Crippen LogP) is 3.05. The smallest absolute Gasteiger partial charge is 0.291 e. The average molecular weight is 413 g/mol. The number of carbonyl (C=O) groups excluding carboxylic acids is 2. The van der Waals surface area contributed by atoms with Crippen LogP contribution in [0.1, 0.15) is 42.7 Å². The minimum absolute atomic E-state index is 0.0936. The molecule has 1 aliphatic carbocycles. The number of nitrogens with two attached hydrogens (primary N) is 1. The van der Waals surface area contributed by atoms with Gasteiger partial charge in [0.2, 0.25) is 11.7 Å². The molecule has 7 nitrogen and oxygen atoms in total. The molecule has 150 valence electrons. The normalized spacial score (nSPS) is 15.8. The monoisotopic (exact) mass is 413 g/mol. The number of amides is 2. The van der Waals surface area contributed by atoms with Crippen LogP contribution in [0.2, 0.25) is 0 Å². The number of thiophene rings is 1. The number of aromatic nitrogens is 3. The number of nitrogens with one attached hydrogen (secondary N) is 1. The molecule has 2 aromatic heterocycles. The topological polar surface area (TPSA) is 103 Å². The zero-order valence-electron chi connectivity index (χ0n) is 15.6. The molecule has 0 radical (unpaired) electrons. The quantitative estimate of drug-likeness (QED) is 0.671. The van der Waals surface area contributed by atoms with Crippen molar-refractivity contribution in [1.29, 1.82) is 0 Å². The fraction of sp³-hybridized carbons (Fsp3) is 0.300. The van der Waals surface area contributed by atoms with E-state index in [-0.39, 0.29) is 5.82 Å². The van der Waals surface area contributed by atoms with E-state index in [9.17, 15) is 14.0 Å². The third-order valence-electron chi connectivity index (χ3n) is 5.14. The van der Waals surface area contributed by atoms with Crippen molar-refractivity contribution in [3.63, 3.8) is 0 Å². The van der Waals surface area contributed by atoms with Crippen molar-refractivity contribution in [3.8, 4) is 16.4 Å². The molecule has 1 fully saturated rings. The number of benzene rings is 1. The molecular formula is C20H20FN5O2S. The van der Waals surface area contributed by atoms with E-state index in [4.69, 9.17) is 5.73 Å². The fourth-order valence-corrected chi connectivity index (χ4v) is 4.32. The first-order valence-electron chi connectivity index (χ1n) is 9.38. The SMILES string of the molecule is NC(=O)C1(NC(=O)c2nc(-c3cccs3)n(-c3cccc(F)c3)n2)CCCCC1. The van der Waals surface area contributed by atoms with Gasteiger partial charge in [-0.25, -0.2) is 14.1 Å². The highest BCUT2D eigenvalue weighted by atomic mass is 32.1. The Balaban J connectivity index is 1.72. The van der Waals surface area contributed by atoms with Gasteiger partial charge in [0.15, 0.2) is 5.82 Å². The lowest BCUT2D eigenvalue weighted by Crippen LogP contribution is -2.58. The van der Waals surface area contributed by atoms with Gasteiger partial charge in [0, 0.05) is 0 Å². The molecule has 2 heterocycles. The van der Waals surface area contributed by atoms with Crippen LogP contribution in [0.15, 0.2) is 41.8 Å². The first-order chi connectivity index (χ1) is 14.0. The Bertz CT molecular complexity index is 1040. The van der Waals surface area contributed by atoms with E-state index in [1.165, 1.54) is 28.2 Å². The van der Waals surface area contributed by atoms with Gasteiger partial charge in [-0.2, -0.15) is 0 Å². The Labute approximate surface area is 170 Å². The van der Waals surface area contributed by atoms with Crippen molar-refractivity contribution in [2.75, 3.05) is 0 Å². The van der Waals surface area contributed by atoms with Gasteiger partial charge in [-0.3, -0.25) is 9.59 Å². The van der Waals surface area contributed by atoms with Crippen molar-refractivity contribution in [3.05, 3.63) is 53.4 Å². The lowest BCUT2D eigenvalue weighted by molar-refractivity contribution is -0.125. The summed E-state index contributed by atoms with van der Waals surface area (Å²) in [6.07, 6.45) is 3.62. The first-order valence-corrected chi connectivity index (χ1v) is 10.3. The summed E-state index contributed by atoms with van der Waals surface area (Å²) in [6.45, 7) is 0. The van der Waals surface area contributed by atoms with Gasteiger partial charge >= 0.3 is 0 Å². The molecule has 0 aliphatic heterocycles. The van der Waals surface area contributed by atoms with Crippen LogP contribution in [0.5, 0.6) is 0 Å². The second-order valence-electron chi connectivity index (χ2n) is 7.09. The van der Waals surface area contributed by atoms with E-state index in [1.54, 1.807) is 12.1 Å². The molecule has 2 amide bonds. The highest BCUT2D eigenvalue weighted by Crippen LogP contribution is 2.29. The standard InChI is InChI=1S/C20H20FN5O2S/c21-13-6-4-7-14(12-13)26-17(15-8-5-11-29-15)23-16(25-26)18(27)24-20(19(22)28)9-2-1-3-10-20/h4-8,11-12H,1-3,9-10H2,(H2,22,28)(H,24,27). The van der Waals surface area contributed by atoms with Gasteiger partial charge in [0.05, 0.1) is 10.6 Å². The summed E-state index contributed by atoms with van der Waals surface area (Å²) in [5.41, 5.74) is 4.97. The highest BCUT2D eigenvalue weighted by molar-refractivity contribution is 7.13. The Morgan fingerprint density at radius 1 is 1.17 bits per heavy atom. The number of hydrogen-bond donors (Lipinski definition) is 2. The predicted molar refractivity (Wildman–Crippen MR) is 107 cm³/mol. The van der Waals surface area contributed by atoms with E-state index in [1.807, 2.05) is 17.5 Å². The molecule has 1 aliphatic rings. The summed E-state index contributed by atoms with van der Waals surface area (Å²) in [5.74, 6) is -1.21. The number of halogens is 1. The number of primary amides is 1. The largest absolute Gasteiger partial charge is 0.368 e. The maximum absolute atomic E-state index is 13.8. The Morgan fingerprint density at radius 3 is 2.62 bits per heavy atom. The zero-order chi connectivity index (χ0) is 20.4. The Kier molecular flexibility index (Phi) is 5.14. The van der Waals surface area contributed by atoms with Crippen molar-refractivity contribution in [2.24, 2.45) is 5.73 Å².